The van der Waals surface area contributed by atoms with Gasteiger partial charge in [0.2, 0.25) is 0 Å². The SMILES string of the molecule is Cc1cccc(C(C)C)c1NC(=O)[C@@H](C)Oc1ccc(F)cc1. The number of para-hydroxylation sites is 1. The first-order chi connectivity index (χ1) is 10.9. The van der Waals surface area contributed by atoms with Gasteiger partial charge >= 0.3 is 0 Å². The first kappa shape index (κ1) is 17.0. The molecule has 0 fully saturated rings. The predicted molar refractivity (Wildman–Crippen MR) is 90.4 cm³/mol. The number of amides is 1. The third-order valence-electron chi connectivity index (χ3n) is 3.67. The summed E-state index contributed by atoms with van der Waals surface area (Å²) in [4.78, 5) is 12.4. The number of aryl methyl sites for hydroxylation is 1. The van der Waals surface area contributed by atoms with Crippen molar-refractivity contribution in [2.45, 2.75) is 39.7 Å². The van der Waals surface area contributed by atoms with Gasteiger partial charge < -0.3 is 10.1 Å². The fraction of sp³-hybridized carbons (Fsp3) is 0.316. The van der Waals surface area contributed by atoms with Crippen molar-refractivity contribution in [3.63, 3.8) is 0 Å². The van der Waals surface area contributed by atoms with E-state index in [9.17, 15) is 9.18 Å². The number of carbonyl (C=O) groups is 1. The average Bonchev–Trinajstić information content (AvgIpc) is 2.51. The van der Waals surface area contributed by atoms with Crippen LogP contribution in [0.5, 0.6) is 5.75 Å². The smallest absolute Gasteiger partial charge is 0.265 e. The second kappa shape index (κ2) is 7.27. The number of nitrogens with one attached hydrogen (secondary N) is 1. The Balaban J connectivity index is 2.11. The summed E-state index contributed by atoms with van der Waals surface area (Å²) in [5.74, 6) is 0.197. The van der Waals surface area contributed by atoms with Crippen molar-refractivity contribution in [2.24, 2.45) is 0 Å². The predicted octanol–water partition coefficient (Wildman–Crippen LogP) is 4.66. The molecule has 23 heavy (non-hydrogen) atoms. The van der Waals surface area contributed by atoms with Gasteiger partial charge in [-0.3, -0.25) is 4.79 Å². The van der Waals surface area contributed by atoms with E-state index < -0.39 is 6.10 Å². The molecule has 0 bridgehead atoms. The fourth-order valence-corrected chi connectivity index (χ4v) is 2.34. The minimum Gasteiger partial charge on any atom is -0.481 e. The van der Waals surface area contributed by atoms with Crippen molar-refractivity contribution >= 4 is 11.6 Å². The molecule has 0 spiro atoms. The van der Waals surface area contributed by atoms with E-state index in [2.05, 4.69) is 19.2 Å². The molecular formula is C19H22FNO2. The summed E-state index contributed by atoms with van der Waals surface area (Å²) in [6.45, 7) is 7.81. The van der Waals surface area contributed by atoms with Crippen molar-refractivity contribution in [3.8, 4) is 5.75 Å². The van der Waals surface area contributed by atoms with Crippen molar-refractivity contribution in [1.82, 2.24) is 0 Å². The molecule has 122 valence electrons. The Labute approximate surface area is 136 Å². The van der Waals surface area contributed by atoms with E-state index in [1.807, 2.05) is 25.1 Å². The van der Waals surface area contributed by atoms with Crippen LogP contribution in [0.4, 0.5) is 10.1 Å². The lowest BCUT2D eigenvalue weighted by Crippen LogP contribution is -2.30. The maximum Gasteiger partial charge on any atom is 0.265 e. The molecule has 0 aliphatic carbocycles. The number of hydrogen-bond donors (Lipinski definition) is 1. The number of hydrogen-bond acceptors (Lipinski definition) is 2. The lowest BCUT2D eigenvalue weighted by Gasteiger charge is -2.19. The van der Waals surface area contributed by atoms with Crippen LogP contribution >= 0.6 is 0 Å². The zero-order valence-corrected chi connectivity index (χ0v) is 13.9. The van der Waals surface area contributed by atoms with Gasteiger partial charge in [0.15, 0.2) is 6.10 Å². The zero-order chi connectivity index (χ0) is 17.0. The first-order valence-corrected chi connectivity index (χ1v) is 7.71. The van der Waals surface area contributed by atoms with Gasteiger partial charge in [0.25, 0.3) is 5.91 Å². The Morgan fingerprint density at radius 1 is 1.09 bits per heavy atom. The first-order valence-electron chi connectivity index (χ1n) is 7.71. The molecule has 0 radical (unpaired) electrons. The second-order valence-electron chi connectivity index (χ2n) is 5.90. The number of benzene rings is 2. The van der Waals surface area contributed by atoms with Crippen molar-refractivity contribution in [3.05, 3.63) is 59.4 Å². The molecule has 1 N–H and O–H groups in total. The molecule has 0 saturated carbocycles. The van der Waals surface area contributed by atoms with Crippen LogP contribution < -0.4 is 10.1 Å². The minimum absolute atomic E-state index is 0.231. The lowest BCUT2D eigenvalue weighted by molar-refractivity contribution is -0.122. The zero-order valence-electron chi connectivity index (χ0n) is 13.9. The molecule has 0 aliphatic rings. The monoisotopic (exact) mass is 315 g/mol. The summed E-state index contributed by atoms with van der Waals surface area (Å²) in [6.07, 6.45) is -0.680. The Hall–Kier alpha value is -2.36. The summed E-state index contributed by atoms with van der Waals surface area (Å²) < 4.78 is 18.5. The molecule has 1 atom stereocenters. The molecule has 3 nitrogen and oxygen atoms in total. The molecule has 0 heterocycles. The van der Waals surface area contributed by atoms with Gasteiger partial charge in [-0.05, 0) is 55.2 Å². The van der Waals surface area contributed by atoms with E-state index in [1.165, 1.54) is 24.3 Å². The molecule has 2 aromatic carbocycles. The van der Waals surface area contributed by atoms with Crippen LogP contribution in [-0.2, 0) is 4.79 Å². The topological polar surface area (TPSA) is 38.3 Å². The third kappa shape index (κ3) is 4.31. The van der Waals surface area contributed by atoms with Gasteiger partial charge in [0.05, 0.1) is 0 Å². The van der Waals surface area contributed by atoms with Gasteiger partial charge in [-0.25, -0.2) is 4.39 Å². The van der Waals surface area contributed by atoms with Gasteiger partial charge in [0, 0.05) is 5.69 Å². The van der Waals surface area contributed by atoms with Gasteiger partial charge in [-0.1, -0.05) is 32.0 Å². The molecule has 0 unspecified atom stereocenters. The average molecular weight is 315 g/mol. The standard InChI is InChI=1S/C19H22FNO2/c1-12(2)17-7-5-6-13(3)18(17)21-19(22)14(4)23-16-10-8-15(20)9-11-16/h5-12,14H,1-4H3,(H,21,22)/t14-/m1/s1. The summed E-state index contributed by atoms with van der Waals surface area (Å²) in [6, 6.07) is 11.6. The quantitative estimate of drug-likeness (QED) is 0.871. The summed E-state index contributed by atoms with van der Waals surface area (Å²) in [7, 11) is 0. The Morgan fingerprint density at radius 3 is 2.35 bits per heavy atom. The van der Waals surface area contributed by atoms with Gasteiger partial charge in [-0.15, -0.1) is 0 Å². The third-order valence-corrected chi connectivity index (χ3v) is 3.67. The molecule has 4 heteroatoms. The molecule has 1 amide bonds. The highest BCUT2D eigenvalue weighted by molar-refractivity contribution is 5.95. The highest BCUT2D eigenvalue weighted by Crippen LogP contribution is 2.27. The van der Waals surface area contributed by atoms with Crippen molar-refractivity contribution in [1.29, 1.82) is 0 Å². The van der Waals surface area contributed by atoms with E-state index in [1.54, 1.807) is 6.92 Å². The lowest BCUT2D eigenvalue weighted by atomic mass is 9.98. The summed E-state index contributed by atoms with van der Waals surface area (Å²) in [5, 5.41) is 2.95. The van der Waals surface area contributed by atoms with E-state index >= 15 is 0 Å². The van der Waals surface area contributed by atoms with E-state index in [4.69, 9.17) is 4.74 Å². The van der Waals surface area contributed by atoms with Crippen LogP contribution in [0, 0.1) is 12.7 Å². The Bertz CT molecular complexity index is 680. The summed E-state index contributed by atoms with van der Waals surface area (Å²) in [5.41, 5.74) is 2.94. The van der Waals surface area contributed by atoms with Crippen LogP contribution in [0.1, 0.15) is 37.8 Å². The Kier molecular flexibility index (Phi) is 5.37. The van der Waals surface area contributed by atoms with E-state index in [0.717, 1.165) is 16.8 Å². The van der Waals surface area contributed by atoms with E-state index in [-0.39, 0.29) is 11.7 Å². The highest BCUT2D eigenvalue weighted by Gasteiger charge is 2.18. The summed E-state index contributed by atoms with van der Waals surface area (Å²) >= 11 is 0. The minimum atomic E-state index is -0.680. The number of ether oxygens (including phenoxy) is 1. The number of rotatable bonds is 5. The van der Waals surface area contributed by atoms with Crippen LogP contribution in [0.2, 0.25) is 0 Å². The van der Waals surface area contributed by atoms with E-state index in [0.29, 0.717) is 11.7 Å². The molecule has 2 rings (SSSR count). The normalized spacial score (nSPS) is 12.1. The van der Waals surface area contributed by atoms with Crippen LogP contribution in [0.25, 0.3) is 0 Å². The van der Waals surface area contributed by atoms with Crippen LogP contribution in [0.15, 0.2) is 42.5 Å². The second-order valence-corrected chi connectivity index (χ2v) is 5.90. The number of anilines is 1. The maximum atomic E-state index is 12.9. The molecule has 0 aliphatic heterocycles. The number of carbonyl (C=O) groups excluding carboxylic acids is 1. The van der Waals surface area contributed by atoms with Crippen LogP contribution in [0.3, 0.4) is 0 Å². The highest BCUT2D eigenvalue weighted by atomic mass is 19.1. The largest absolute Gasteiger partial charge is 0.481 e. The van der Waals surface area contributed by atoms with Crippen molar-refractivity contribution < 1.29 is 13.9 Å². The molecule has 0 aromatic heterocycles. The van der Waals surface area contributed by atoms with Gasteiger partial charge in [-0.2, -0.15) is 0 Å². The molecule has 2 aromatic rings. The number of halogens is 1. The van der Waals surface area contributed by atoms with Crippen LogP contribution in [-0.4, -0.2) is 12.0 Å². The maximum absolute atomic E-state index is 12.9. The molecule has 0 saturated heterocycles. The Morgan fingerprint density at radius 2 is 1.74 bits per heavy atom. The van der Waals surface area contributed by atoms with Gasteiger partial charge in [0.1, 0.15) is 11.6 Å². The van der Waals surface area contributed by atoms with Crippen molar-refractivity contribution in [2.75, 3.05) is 5.32 Å². The molecular weight excluding hydrogens is 293 g/mol. The fourth-order valence-electron chi connectivity index (χ4n) is 2.34.